The highest BCUT2D eigenvalue weighted by atomic mass is 16.3. The van der Waals surface area contributed by atoms with Crippen molar-refractivity contribution < 1.29 is 5.11 Å². The Labute approximate surface area is 131 Å². The molecule has 110 valence electrons. The van der Waals surface area contributed by atoms with Crippen molar-refractivity contribution >= 4 is 0 Å². The van der Waals surface area contributed by atoms with Gasteiger partial charge < -0.3 is 5.11 Å². The standard InChI is InChI=1S/C20H19NO/c1-15-6-9-20(22)19(14-15)18-5-3-2-4-17(18)8-7-16-10-12-21-13-11-16/h2-6,9-14,22H,7-8H2,1H3. The topological polar surface area (TPSA) is 33.1 Å². The summed E-state index contributed by atoms with van der Waals surface area (Å²) in [6.07, 6.45) is 5.56. The maximum Gasteiger partial charge on any atom is 0.123 e. The van der Waals surface area contributed by atoms with Crippen LogP contribution in [-0.2, 0) is 12.8 Å². The lowest BCUT2D eigenvalue weighted by Crippen LogP contribution is -1.95. The Bertz CT molecular complexity index is 766. The van der Waals surface area contributed by atoms with E-state index >= 15 is 0 Å². The summed E-state index contributed by atoms with van der Waals surface area (Å²) < 4.78 is 0. The van der Waals surface area contributed by atoms with Gasteiger partial charge in [-0.15, -0.1) is 0 Å². The van der Waals surface area contributed by atoms with Crippen molar-refractivity contribution in [2.24, 2.45) is 0 Å². The second kappa shape index (κ2) is 6.44. The van der Waals surface area contributed by atoms with E-state index < -0.39 is 0 Å². The fourth-order valence-corrected chi connectivity index (χ4v) is 2.70. The van der Waals surface area contributed by atoms with Crippen molar-refractivity contribution in [2.75, 3.05) is 0 Å². The summed E-state index contributed by atoms with van der Waals surface area (Å²) in [4.78, 5) is 4.05. The van der Waals surface area contributed by atoms with Crippen LogP contribution in [0, 0.1) is 6.92 Å². The first-order valence-electron chi connectivity index (χ1n) is 7.51. The molecule has 2 nitrogen and oxygen atoms in total. The van der Waals surface area contributed by atoms with Crippen molar-refractivity contribution in [3.63, 3.8) is 0 Å². The number of aryl methyl sites for hydroxylation is 3. The predicted octanol–water partition coefficient (Wildman–Crippen LogP) is 4.55. The molecule has 0 aliphatic carbocycles. The Kier molecular flexibility index (Phi) is 4.19. The minimum Gasteiger partial charge on any atom is -0.507 e. The Balaban J connectivity index is 1.91. The highest BCUT2D eigenvalue weighted by Crippen LogP contribution is 2.32. The van der Waals surface area contributed by atoms with Crippen LogP contribution in [0.5, 0.6) is 5.75 Å². The maximum absolute atomic E-state index is 10.2. The monoisotopic (exact) mass is 289 g/mol. The molecule has 1 heterocycles. The van der Waals surface area contributed by atoms with Gasteiger partial charge in [-0.3, -0.25) is 4.98 Å². The summed E-state index contributed by atoms with van der Waals surface area (Å²) in [5, 5.41) is 10.2. The number of aromatic nitrogens is 1. The lowest BCUT2D eigenvalue weighted by molar-refractivity contribution is 0.477. The molecule has 3 aromatic rings. The number of aromatic hydroxyl groups is 1. The van der Waals surface area contributed by atoms with E-state index in [2.05, 4.69) is 23.2 Å². The third-order valence-corrected chi connectivity index (χ3v) is 3.89. The molecule has 0 saturated carbocycles. The fraction of sp³-hybridized carbons (Fsp3) is 0.150. The van der Waals surface area contributed by atoms with Gasteiger partial charge in [-0.1, -0.05) is 35.9 Å². The summed E-state index contributed by atoms with van der Waals surface area (Å²) in [6.45, 7) is 2.04. The molecule has 0 radical (unpaired) electrons. The summed E-state index contributed by atoms with van der Waals surface area (Å²) in [7, 11) is 0. The van der Waals surface area contributed by atoms with Gasteiger partial charge in [0.05, 0.1) is 0 Å². The van der Waals surface area contributed by atoms with Crippen molar-refractivity contribution in [1.82, 2.24) is 4.98 Å². The molecule has 0 aliphatic rings. The molecule has 3 rings (SSSR count). The molecule has 0 spiro atoms. The summed E-state index contributed by atoms with van der Waals surface area (Å²) in [5.41, 5.74) is 5.69. The highest BCUT2D eigenvalue weighted by molar-refractivity contribution is 5.73. The molecule has 1 N–H and O–H groups in total. The molecule has 0 saturated heterocycles. The fourth-order valence-electron chi connectivity index (χ4n) is 2.70. The minimum absolute atomic E-state index is 0.335. The van der Waals surface area contributed by atoms with Crippen molar-refractivity contribution in [3.05, 3.63) is 83.7 Å². The van der Waals surface area contributed by atoms with E-state index in [1.807, 2.05) is 49.6 Å². The van der Waals surface area contributed by atoms with Gasteiger partial charge in [-0.2, -0.15) is 0 Å². The summed E-state index contributed by atoms with van der Waals surface area (Å²) in [5.74, 6) is 0.335. The van der Waals surface area contributed by atoms with Crippen LogP contribution in [-0.4, -0.2) is 10.1 Å². The SMILES string of the molecule is Cc1ccc(O)c(-c2ccccc2CCc2ccncc2)c1. The molecule has 22 heavy (non-hydrogen) atoms. The molecule has 2 aromatic carbocycles. The van der Waals surface area contributed by atoms with E-state index in [1.54, 1.807) is 6.07 Å². The molecular weight excluding hydrogens is 270 g/mol. The van der Waals surface area contributed by atoms with Crippen LogP contribution in [0.3, 0.4) is 0 Å². The number of phenols is 1. The van der Waals surface area contributed by atoms with Gasteiger partial charge >= 0.3 is 0 Å². The van der Waals surface area contributed by atoms with E-state index in [-0.39, 0.29) is 0 Å². The van der Waals surface area contributed by atoms with E-state index in [9.17, 15) is 5.11 Å². The van der Waals surface area contributed by atoms with Gasteiger partial charge in [0, 0.05) is 18.0 Å². The molecule has 0 fully saturated rings. The summed E-state index contributed by atoms with van der Waals surface area (Å²) in [6, 6.07) is 18.1. The van der Waals surface area contributed by atoms with E-state index in [4.69, 9.17) is 0 Å². The van der Waals surface area contributed by atoms with Gasteiger partial charge in [0.15, 0.2) is 0 Å². The first kappa shape index (κ1) is 14.3. The average Bonchev–Trinajstić information content (AvgIpc) is 2.56. The number of benzene rings is 2. The van der Waals surface area contributed by atoms with Gasteiger partial charge in [0.25, 0.3) is 0 Å². The third-order valence-electron chi connectivity index (χ3n) is 3.89. The lowest BCUT2D eigenvalue weighted by Gasteiger charge is -2.12. The number of nitrogens with zero attached hydrogens (tertiary/aromatic N) is 1. The molecular formula is C20H19NO. The second-order valence-electron chi connectivity index (χ2n) is 5.53. The molecule has 0 bridgehead atoms. The zero-order chi connectivity index (χ0) is 15.4. The van der Waals surface area contributed by atoms with Crippen LogP contribution < -0.4 is 0 Å². The average molecular weight is 289 g/mol. The quantitative estimate of drug-likeness (QED) is 0.764. The van der Waals surface area contributed by atoms with Crippen molar-refractivity contribution in [2.45, 2.75) is 19.8 Å². The Morgan fingerprint density at radius 2 is 1.64 bits per heavy atom. The van der Waals surface area contributed by atoms with E-state index in [0.717, 1.165) is 29.5 Å². The summed E-state index contributed by atoms with van der Waals surface area (Å²) >= 11 is 0. The van der Waals surface area contributed by atoms with Gasteiger partial charge in [-0.25, -0.2) is 0 Å². The molecule has 0 aliphatic heterocycles. The van der Waals surface area contributed by atoms with Crippen LogP contribution in [0.25, 0.3) is 11.1 Å². The van der Waals surface area contributed by atoms with Gasteiger partial charge in [0.1, 0.15) is 5.75 Å². The predicted molar refractivity (Wildman–Crippen MR) is 89.9 cm³/mol. The van der Waals surface area contributed by atoms with E-state index in [1.165, 1.54) is 11.1 Å². The molecule has 2 heteroatoms. The normalized spacial score (nSPS) is 10.6. The van der Waals surface area contributed by atoms with Crippen LogP contribution in [0.2, 0.25) is 0 Å². The highest BCUT2D eigenvalue weighted by Gasteiger charge is 2.09. The minimum atomic E-state index is 0.335. The third kappa shape index (κ3) is 3.17. The van der Waals surface area contributed by atoms with Crippen molar-refractivity contribution in [3.8, 4) is 16.9 Å². The van der Waals surface area contributed by atoms with Crippen LogP contribution >= 0.6 is 0 Å². The first-order chi connectivity index (χ1) is 10.7. The largest absolute Gasteiger partial charge is 0.507 e. The van der Waals surface area contributed by atoms with Crippen LogP contribution in [0.4, 0.5) is 0 Å². The lowest BCUT2D eigenvalue weighted by atomic mass is 9.94. The van der Waals surface area contributed by atoms with Gasteiger partial charge in [-0.05, 0) is 60.7 Å². The maximum atomic E-state index is 10.2. The number of pyridine rings is 1. The molecule has 0 amide bonds. The molecule has 1 aromatic heterocycles. The van der Waals surface area contributed by atoms with Crippen LogP contribution in [0.1, 0.15) is 16.7 Å². The Morgan fingerprint density at radius 3 is 2.45 bits per heavy atom. The Morgan fingerprint density at radius 1 is 0.864 bits per heavy atom. The Hall–Kier alpha value is -2.61. The smallest absolute Gasteiger partial charge is 0.123 e. The number of hydrogen-bond acceptors (Lipinski definition) is 2. The number of rotatable bonds is 4. The number of hydrogen-bond donors (Lipinski definition) is 1. The van der Waals surface area contributed by atoms with Crippen molar-refractivity contribution in [1.29, 1.82) is 0 Å². The number of phenolic OH excluding ortho intramolecular Hbond substituents is 1. The van der Waals surface area contributed by atoms with Crippen LogP contribution in [0.15, 0.2) is 67.0 Å². The zero-order valence-corrected chi connectivity index (χ0v) is 12.7. The van der Waals surface area contributed by atoms with Gasteiger partial charge in [0.2, 0.25) is 0 Å². The van der Waals surface area contributed by atoms with E-state index in [0.29, 0.717) is 5.75 Å². The second-order valence-corrected chi connectivity index (χ2v) is 5.53. The molecule has 0 unspecified atom stereocenters. The molecule has 0 atom stereocenters. The zero-order valence-electron chi connectivity index (χ0n) is 12.7. The first-order valence-corrected chi connectivity index (χ1v) is 7.51.